The van der Waals surface area contributed by atoms with Crippen molar-refractivity contribution in [3.63, 3.8) is 0 Å². The van der Waals surface area contributed by atoms with Crippen molar-refractivity contribution < 1.29 is 13.9 Å². The molecule has 6 heteroatoms. The summed E-state index contributed by atoms with van der Waals surface area (Å²) in [7, 11) is 0. The number of nitrogens with zero attached hydrogens (tertiary/aromatic N) is 2. The number of fused-ring (bicyclic) bond motifs is 1. The highest BCUT2D eigenvalue weighted by atomic mass is 19.1. The van der Waals surface area contributed by atoms with Crippen LogP contribution in [0.25, 0.3) is 0 Å². The highest BCUT2D eigenvalue weighted by molar-refractivity contribution is 5.79. The standard InChI is InChI=1S/C17H26FN3O2/c1-2-23-16-5-11-3-14(4-12(11)6-16)20-9-17(22)21-10-13(18)7-15(21)8-19/h11-16,20H,2-7,9-10H2,1H3/t11-,12+,13-,14?,15-,16?/m0/s1. The van der Waals surface area contributed by atoms with Gasteiger partial charge in [-0.05, 0) is 44.4 Å². The van der Waals surface area contributed by atoms with E-state index in [-0.39, 0.29) is 25.4 Å². The molecule has 3 fully saturated rings. The van der Waals surface area contributed by atoms with Crippen LogP contribution < -0.4 is 5.32 Å². The molecule has 1 aliphatic heterocycles. The summed E-state index contributed by atoms with van der Waals surface area (Å²) in [4.78, 5) is 13.6. The van der Waals surface area contributed by atoms with Gasteiger partial charge in [0, 0.05) is 19.1 Å². The number of carbonyl (C=O) groups excluding carboxylic acids is 1. The highest BCUT2D eigenvalue weighted by Gasteiger charge is 2.42. The first-order chi connectivity index (χ1) is 11.1. The van der Waals surface area contributed by atoms with Crippen LogP contribution in [0.5, 0.6) is 0 Å². The molecular weight excluding hydrogens is 297 g/mol. The first-order valence-corrected chi connectivity index (χ1v) is 8.78. The predicted molar refractivity (Wildman–Crippen MR) is 83.3 cm³/mol. The minimum Gasteiger partial charge on any atom is -0.378 e. The maximum absolute atomic E-state index is 13.4. The third kappa shape index (κ3) is 3.67. The molecule has 2 saturated carbocycles. The molecule has 0 aromatic carbocycles. The van der Waals surface area contributed by atoms with Crippen LogP contribution in [0.3, 0.4) is 0 Å². The summed E-state index contributed by atoms with van der Waals surface area (Å²) < 4.78 is 19.1. The minimum atomic E-state index is -1.06. The Hall–Kier alpha value is -1.19. The molecule has 1 heterocycles. The summed E-state index contributed by atoms with van der Waals surface area (Å²) in [5.74, 6) is 1.25. The monoisotopic (exact) mass is 323 g/mol. The van der Waals surface area contributed by atoms with E-state index in [1.165, 1.54) is 4.90 Å². The van der Waals surface area contributed by atoms with Crippen molar-refractivity contribution in [2.45, 2.75) is 63.4 Å². The molecule has 0 radical (unpaired) electrons. The third-order valence-electron chi connectivity index (χ3n) is 5.64. The molecule has 0 aromatic heterocycles. The van der Waals surface area contributed by atoms with E-state index in [4.69, 9.17) is 10.00 Å². The van der Waals surface area contributed by atoms with Crippen molar-refractivity contribution in [3.8, 4) is 6.07 Å². The van der Waals surface area contributed by atoms with Gasteiger partial charge >= 0.3 is 0 Å². The van der Waals surface area contributed by atoms with Crippen LogP contribution in [0.4, 0.5) is 4.39 Å². The Morgan fingerprint density at radius 3 is 2.61 bits per heavy atom. The number of likely N-dealkylation sites (tertiary alicyclic amines) is 1. The summed E-state index contributed by atoms with van der Waals surface area (Å²) in [6, 6.07) is 1.79. The molecular formula is C17H26FN3O2. The van der Waals surface area contributed by atoms with Gasteiger partial charge in [0.25, 0.3) is 0 Å². The number of halogens is 1. The lowest BCUT2D eigenvalue weighted by molar-refractivity contribution is -0.130. The SMILES string of the molecule is CCOC1C[C@H]2CC(NCC(=O)N3C[C@@H](F)C[C@H]3C#N)C[C@H]2C1. The van der Waals surface area contributed by atoms with E-state index in [0.717, 1.165) is 32.3 Å². The van der Waals surface area contributed by atoms with Gasteiger partial charge in [-0.1, -0.05) is 0 Å². The zero-order valence-electron chi connectivity index (χ0n) is 13.7. The predicted octanol–water partition coefficient (Wildman–Crippen LogP) is 1.63. The first kappa shape index (κ1) is 16.7. The van der Waals surface area contributed by atoms with Crippen molar-refractivity contribution >= 4 is 5.91 Å². The average molecular weight is 323 g/mol. The van der Waals surface area contributed by atoms with Crippen LogP contribution in [0.1, 0.15) is 39.0 Å². The van der Waals surface area contributed by atoms with Gasteiger partial charge in [-0.15, -0.1) is 0 Å². The van der Waals surface area contributed by atoms with Crippen LogP contribution in [0.15, 0.2) is 0 Å². The minimum absolute atomic E-state index is 0.0602. The molecule has 1 saturated heterocycles. The summed E-state index contributed by atoms with van der Waals surface area (Å²) in [6.07, 6.45) is 3.96. The number of ether oxygens (including phenoxy) is 1. The Labute approximate surface area is 137 Å². The molecule has 0 bridgehead atoms. The Kier molecular flexibility index (Phi) is 5.17. The maximum atomic E-state index is 13.4. The van der Waals surface area contributed by atoms with E-state index in [1.54, 1.807) is 0 Å². The van der Waals surface area contributed by atoms with Gasteiger partial charge in [0.05, 0.1) is 25.3 Å². The van der Waals surface area contributed by atoms with Gasteiger partial charge in [-0.3, -0.25) is 4.79 Å². The van der Waals surface area contributed by atoms with E-state index in [9.17, 15) is 9.18 Å². The van der Waals surface area contributed by atoms with Crippen molar-refractivity contribution in [1.82, 2.24) is 10.2 Å². The largest absolute Gasteiger partial charge is 0.378 e. The zero-order chi connectivity index (χ0) is 16.4. The number of nitriles is 1. The molecule has 0 aromatic rings. The first-order valence-electron chi connectivity index (χ1n) is 8.78. The van der Waals surface area contributed by atoms with E-state index in [0.29, 0.717) is 24.0 Å². The molecule has 5 nitrogen and oxygen atoms in total. The van der Waals surface area contributed by atoms with E-state index >= 15 is 0 Å². The lowest BCUT2D eigenvalue weighted by Crippen LogP contribution is -2.43. The fraction of sp³-hybridized carbons (Fsp3) is 0.882. The summed E-state index contributed by atoms with van der Waals surface area (Å²) in [6.45, 7) is 3.10. The molecule has 2 unspecified atom stereocenters. The smallest absolute Gasteiger partial charge is 0.237 e. The second-order valence-electron chi connectivity index (χ2n) is 7.14. The van der Waals surface area contributed by atoms with Gasteiger partial charge in [-0.25, -0.2) is 4.39 Å². The summed E-state index contributed by atoms with van der Waals surface area (Å²) in [5.41, 5.74) is 0. The molecule has 128 valence electrons. The second kappa shape index (κ2) is 7.14. The third-order valence-corrected chi connectivity index (χ3v) is 5.64. The fourth-order valence-electron chi connectivity index (χ4n) is 4.62. The Morgan fingerprint density at radius 2 is 2.00 bits per heavy atom. The van der Waals surface area contributed by atoms with Crippen molar-refractivity contribution in [2.75, 3.05) is 19.7 Å². The number of alkyl halides is 1. The van der Waals surface area contributed by atoms with Gasteiger partial charge in [0.1, 0.15) is 12.2 Å². The number of hydrogen-bond acceptors (Lipinski definition) is 4. The lowest BCUT2D eigenvalue weighted by atomic mass is 10.0. The number of hydrogen-bond donors (Lipinski definition) is 1. The van der Waals surface area contributed by atoms with Gasteiger partial charge < -0.3 is 15.0 Å². The molecule has 3 rings (SSSR count). The molecule has 1 N–H and O–H groups in total. The van der Waals surface area contributed by atoms with E-state index < -0.39 is 12.2 Å². The van der Waals surface area contributed by atoms with Gasteiger partial charge in [0.2, 0.25) is 5.91 Å². The molecule has 0 spiro atoms. The quantitative estimate of drug-likeness (QED) is 0.835. The maximum Gasteiger partial charge on any atom is 0.237 e. The molecule has 1 amide bonds. The number of amides is 1. The molecule has 2 aliphatic carbocycles. The number of nitrogens with one attached hydrogen (secondary N) is 1. The lowest BCUT2D eigenvalue weighted by Gasteiger charge is -2.21. The number of rotatable bonds is 5. The van der Waals surface area contributed by atoms with E-state index in [2.05, 4.69) is 5.32 Å². The van der Waals surface area contributed by atoms with Crippen molar-refractivity contribution in [2.24, 2.45) is 11.8 Å². The Balaban J connectivity index is 1.42. The fourth-order valence-corrected chi connectivity index (χ4v) is 4.62. The number of carbonyl (C=O) groups is 1. The van der Waals surface area contributed by atoms with Crippen LogP contribution >= 0.6 is 0 Å². The van der Waals surface area contributed by atoms with Crippen molar-refractivity contribution in [1.29, 1.82) is 5.26 Å². The van der Waals surface area contributed by atoms with Crippen LogP contribution in [0.2, 0.25) is 0 Å². The summed E-state index contributed by atoms with van der Waals surface area (Å²) in [5, 5.41) is 12.3. The molecule has 6 atom stereocenters. The van der Waals surface area contributed by atoms with E-state index in [1.807, 2.05) is 13.0 Å². The second-order valence-corrected chi connectivity index (χ2v) is 7.14. The highest BCUT2D eigenvalue weighted by Crippen LogP contribution is 2.45. The van der Waals surface area contributed by atoms with Gasteiger partial charge in [-0.2, -0.15) is 5.26 Å². The average Bonchev–Trinajstić information content (AvgIpc) is 3.17. The molecule has 3 aliphatic rings. The normalized spacial score (nSPS) is 39.4. The van der Waals surface area contributed by atoms with Gasteiger partial charge in [0.15, 0.2) is 0 Å². The molecule has 23 heavy (non-hydrogen) atoms. The topological polar surface area (TPSA) is 65.4 Å². The summed E-state index contributed by atoms with van der Waals surface area (Å²) >= 11 is 0. The Morgan fingerprint density at radius 1 is 1.30 bits per heavy atom. The zero-order valence-corrected chi connectivity index (χ0v) is 13.7. The van der Waals surface area contributed by atoms with Crippen LogP contribution in [0, 0.1) is 23.2 Å². The van der Waals surface area contributed by atoms with Crippen LogP contribution in [-0.2, 0) is 9.53 Å². The van der Waals surface area contributed by atoms with Crippen LogP contribution in [-0.4, -0.2) is 54.9 Å². The Bertz CT molecular complexity index is 467. The van der Waals surface area contributed by atoms with Crippen molar-refractivity contribution in [3.05, 3.63) is 0 Å².